The zero-order valence-electron chi connectivity index (χ0n) is 38.2. The number of carbonyl (C=O) groups is 4. The lowest BCUT2D eigenvalue weighted by molar-refractivity contribution is 0.0682. The van der Waals surface area contributed by atoms with Crippen LogP contribution in [-0.2, 0) is 0 Å². The number of nitrogens with zero attached hydrogens (tertiary/aromatic N) is 2. The predicted octanol–water partition coefficient (Wildman–Crippen LogP) is 8.05. The number of H-pyrrole nitrogens is 2. The summed E-state index contributed by atoms with van der Waals surface area (Å²) < 4.78 is 19.7. The van der Waals surface area contributed by atoms with E-state index in [1.165, 1.54) is 93.1 Å². The summed E-state index contributed by atoms with van der Waals surface area (Å²) in [6.07, 6.45) is 2.60. The van der Waals surface area contributed by atoms with E-state index in [1.54, 1.807) is 37.3 Å². The minimum atomic E-state index is -1.34. The number of aromatic hydroxyl groups is 4. The summed E-state index contributed by atoms with van der Waals surface area (Å²) in [4.78, 5) is 73.8. The maximum absolute atomic E-state index is 12.6. The van der Waals surface area contributed by atoms with E-state index in [0.717, 1.165) is 23.3 Å². The number of hydrogen-bond acceptors (Lipinski definition) is 16. The zero-order valence-corrected chi connectivity index (χ0v) is 38.2. The van der Waals surface area contributed by atoms with E-state index in [0.29, 0.717) is 22.3 Å². The molecule has 72 heavy (non-hydrogen) atoms. The molecular weight excluding hydrogens is 937 g/mol. The van der Waals surface area contributed by atoms with Crippen LogP contribution in [0.3, 0.4) is 0 Å². The maximum atomic E-state index is 12.6. The number of aromatic nitrogens is 2. The first-order valence-corrected chi connectivity index (χ1v) is 20.6. The maximum Gasteiger partial charge on any atom is 0.417 e. The number of rotatable bonds is 10. The van der Waals surface area contributed by atoms with Gasteiger partial charge in [-0.05, 0) is 128 Å². The highest BCUT2D eigenvalue weighted by molar-refractivity contribution is 6.15. The fourth-order valence-electron chi connectivity index (χ4n) is 6.32. The molecule has 8 N–H and O–H groups in total. The molecule has 0 saturated carbocycles. The van der Waals surface area contributed by atoms with Crippen molar-refractivity contribution in [2.45, 2.75) is 13.8 Å². The quantitative estimate of drug-likeness (QED) is 0.0365. The number of allylic oxidation sites excluding steroid dienone is 2. The van der Waals surface area contributed by atoms with Gasteiger partial charge in [-0.25, -0.2) is 19.2 Å². The highest BCUT2D eigenvalue weighted by Crippen LogP contribution is 2.29. The zero-order chi connectivity index (χ0) is 52.8. The van der Waals surface area contributed by atoms with Crippen molar-refractivity contribution in [3.63, 3.8) is 0 Å². The number of phenolic OH excluding ortho intramolecular Hbond substituents is 2. The standard InChI is InChI=1S/C18H10N2O6.C18H12N2O5.C8H8O3.C8H10O2/c19-8-11(5-9-1-4-14(21)12(6-9)17(23)24)16(22)10-2-3-13-15(7-10)26-18(25)20-13;1-24-16-7-10(2-5-14(16)21)6-12(9-19)17(22)11-3-4-13-15(8-11)25-18(23)20-13;1-5-2-3-7(9)6(4-5)8(10)11;1-6-3-4-7(9)8(5-6)10-2/h1-7,21H,(H,20,25)(H,23,24);2-8,21H,1H3,(H,20,23);2-4,9H,1H3,(H,10,11);3-5,9H,1-2H3/b11-5+;12-6+;;. The number of carboxylic acids is 2. The minimum Gasteiger partial charge on any atom is -0.507 e. The number of aryl methyl sites for hydroxylation is 2. The first kappa shape index (κ1) is 52.4. The highest BCUT2D eigenvalue weighted by Gasteiger charge is 2.17. The smallest absolute Gasteiger partial charge is 0.417 e. The topological polar surface area (TPSA) is 348 Å². The third kappa shape index (κ3) is 13.3. The molecule has 20 nitrogen and oxygen atoms in total. The number of oxazole rings is 2. The summed E-state index contributed by atoms with van der Waals surface area (Å²) in [5.74, 6) is -4.57. The predicted molar refractivity (Wildman–Crippen MR) is 258 cm³/mol. The third-order valence-electron chi connectivity index (χ3n) is 9.89. The largest absolute Gasteiger partial charge is 0.507 e. The molecule has 0 aliphatic rings. The summed E-state index contributed by atoms with van der Waals surface area (Å²) in [5, 5.41) is 73.4. The van der Waals surface area contributed by atoms with E-state index in [1.807, 2.05) is 19.1 Å². The molecule has 2 heterocycles. The summed E-state index contributed by atoms with van der Waals surface area (Å²) in [5.41, 5.74) is 3.57. The number of methoxy groups -OCH3 is 2. The Hall–Kier alpha value is -10.6. The number of fused-ring (bicyclic) bond motifs is 2. The average molecular weight is 977 g/mol. The Bertz CT molecular complexity index is 3650. The van der Waals surface area contributed by atoms with Gasteiger partial charge < -0.3 is 48.9 Å². The van der Waals surface area contributed by atoms with Crippen LogP contribution in [0.4, 0.5) is 0 Å². The molecule has 6 aromatic carbocycles. The Morgan fingerprint density at radius 3 is 1.33 bits per heavy atom. The van der Waals surface area contributed by atoms with Gasteiger partial charge in [-0.2, -0.15) is 10.5 Å². The van der Waals surface area contributed by atoms with Crippen LogP contribution in [0.1, 0.15) is 63.7 Å². The molecule has 0 unspecified atom stereocenters. The molecule has 8 aromatic rings. The van der Waals surface area contributed by atoms with E-state index >= 15 is 0 Å². The molecule has 0 atom stereocenters. The molecule has 0 radical (unpaired) electrons. The number of benzene rings is 6. The van der Waals surface area contributed by atoms with Crippen LogP contribution in [-0.4, -0.2) is 78.3 Å². The molecule has 2 aromatic heterocycles. The second-order valence-corrected chi connectivity index (χ2v) is 15.0. The van der Waals surface area contributed by atoms with Gasteiger partial charge in [-0.3, -0.25) is 19.6 Å². The number of carbonyl (C=O) groups excluding carboxylic acids is 2. The minimum absolute atomic E-state index is 0.0441. The molecule has 0 fully saturated rings. The van der Waals surface area contributed by atoms with Crippen LogP contribution in [0.15, 0.2) is 139 Å². The number of nitrogens with one attached hydrogen (secondary N) is 2. The molecule has 0 saturated heterocycles. The second-order valence-electron chi connectivity index (χ2n) is 15.0. The van der Waals surface area contributed by atoms with Gasteiger partial charge >= 0.3 is 23.5 Å². The van der Waals surface area contributed by atoms with Crippen molar-refractivity contribution in [2.75, 3.05) is 14.2 Å². The molecule has 20 heteroatoms. The number of aromatic amines is 2. The Morgan fingerprint density at radius 2 is 0.917 bits per heavy atom. The van der Waals surface area contributed by atoms with Crippen molar-refractivity contribution in [3.05, 3.63) is 186 Å². The second kappa shape index (κ2) is 23.4. The lowest BCUT2D eigenvalue weighted by Crippen LogP contribution is -2.02. The molecule has 0 aliphatic heterocycles. The van der Waals surface area contributed by atoms with Gasteiger partial charge in [-0.15, -0.1) is 0 Å². The average Bonchev–Trinajstić information content (AvgIpc) is 3.94. The molecule has 8 rings (SSSR count). The van der Waals surface area contributed by atoms with E-state index in [2.05, 4.69) is 9.97 Å². The third-order valence-corrected chi connectivity index (χ3v) is 9.89. The highest BCUT2D eigenvalue weighted by atomic mass is 16.5. The van der Waals surface area contributed by atoms with Crippen LogP contribution in [0.25, 0.3) is 34.4 Å². The van der Waals surface area contributed by atoms with Crippen LogP contribution >= 0.6 is 0 Å². The van der Waals surface area contributed by atoms with E-state index in [4.69, 9.17) is 38.7 Å². The van der Waals surface area contributed by atoms with Gasteiger partial charge in [0.1, 0.15) is 45.9 Å². The van der Waals surface area contributed by atoms with Crippen molar-refractivity contribution >= 4 is 57.9 Å². The number of aromatic carboxylic acids is 2. The summed E-state index contributed by atoms with van der Waals surface area (Å²) >= 11 is 0. The molecule has 0 aliphatic carbocycles. The van der Waals surface area contributed by atoms with Crippen LogP contribution in [0.5, 0.6) is 34.5 Å². The van der Waals surface area contributed by atoms with Gasteiger partial charge in [0.2, 0.25) is 11.6 Å². The monoisotopic (exact) mass is 976 g/mol. The molecule has 0 bridgehead atoms. The van der Waals surface area contributed by atoms with Gasteiger partial charge in [0.15, 0.2) is 34.2 Å². The lowest BCUT2D eigenvalue weighted by Gasteiger charge is -2.04. The Labute approximate surface area is 406 Å². The first-order chi connectivity index (χ1) is 34.2. The Kier molecular flexibility index (Phi) is 17.0. The van der Waals surface area contributed by atoms with Crippen molar-refractivity contribution < 1.29 is 68.1 Å². The molecular formula is C52H40N4O16. The van der Waals surface area contributed by atoms with E-state index < -0.39 is 40.8 Å². The van der Waals surface area contributed by atoms with Crippen molar-refractivity contribution in [1.29, 1.82) is 10.5 Å². The van der Waals surface area contributed by atoms with Gasteiger partial charge in [0.25, 0.3) is 0 Å². The van der Waals surface area contributed by atoms with Gasteiger partial charge in [0.05, 0.1) is 25.3 Å². The number of nitriles is 2. The van der Waals surface area contributed by atoms with Crippen LogP contribution in [0.2, 0.25) is 0 Å². The number of phenols is 4. The van der Waals surface area contributed by atoms with Gasteiger partial charge in [0, 0.05) is 11.1 Å². The number of ketones is 2. The SMILES string of the molecule is COc1cc(/C=C(\C#N)C(=O)c2ccc3[nH]c(=O)oc3c2)ccc1O.COc1cc(C)ccc1O.Cc1ccc(O)c(C(=O)O)c1.N#C/C(=C\c1ccc(O)c(C(=O)O)c1)C(=O)c1ccc2[nH]c(=O)oc2c1. The Morgan fingerprint density at radius 1 is 0.528 bits per heavy atom. The van der Waals surface area contributed by atoms with Crippen molar-refractivity contribution in [2.24, 2.45) is 0 Å². The summed E-state index contributed by atoms with van der Waals surface area (Å²) in [6.45, 7) is 3.72. The summed E-state index contributed by atoms with van der Waals surface area (Å²) in [6, 6.07) is 30.2. The lowest BCUT2D eigenvalue weighted by atomic mass is 10.0. The molecule has 0 spiro atoms. The van der Waals surface area contributed by atoms with Crippen LogP contribution in [0, 0.1) is 36.5 Å². The number of hydrogen-bond donors (Lipinski definition) is 8. The fraction of sp³-hybridized carbons (Fsp3) is 0.0769. The fourth-order valence-corrected chi connectivity index (χ4v) is 6.32. The normalized spacial score (nSPS) is 10.8. The van der Waals surface area contributed by atoms with E-state index in [-0.39, 0.29) is 73.1 Å². The van der Waals surface area contributed by atoms with Gasteiger partial charge in [-0.1, -0.05) is 29.8 Å². The molecule has 364 valence electrons. The first-order valence-electron chi connectivity index (χ1n) is 20.6. The number of Topliss-reactive ketones (excluding diaryl/α,β-unsaturated/α-hetero) is 2. The number of ether oxygens (including phenoxy) is 2. The van der Waals surface area contributed by atoms with Crippen molar-refractivity contribution in [3.8, 4) is 46.6 Å². The Balaban J connectivity index is 0.000000193. The molecule has 0 amide bonds. The number of carboxylic acid groups (broad SMARTS) is 2. The van der Waals surface area contributed by atoms with Crippen LogP contribution < -0.4 is 21.0 Å². The van der Waals surface area contributed by atoms with Crippen molar-refractivity contribution in [1.82, 2.24) is 9.97 Å². The summed E-state index contributed by atoms with van der Waals surface area (Å²) in [7, 11) is 2.94. The van der Waals surface area contributed by atoms with E-state index in [9.17, 15) is 49.5 Å².